The highest BCUT2D eigenvalue weighted by Gasteiger charge is 2.24. The fourth-order valence-corrected chi connectivity index (χ4v) is 2.02. The number of aromatic amines is 1. The molecular formula is C13H15NO3. The van der Waals surface area contributed by atoms with E-state index in [-0.39, 0.29) is 5.78 Å². The highest BCUT2D eigenvalue weighted by Crippen LogP contribution is 2.23. The Balaban J connectivity index is 2.54. The monoisotopic (exact) mass is 233 g/mol. The maximum atomic E-state index is 12.2. The highest BCUT2D eigenvalue weighted by atomic mass is 16.7. The van der Waals surface area contributed by atoms with Crippen molar-refractivity contribution in [1.29, 1.82) is 0 Å². The number of benzene rings is 1. The van der Waals surface area contributed by atoms with Crippen molar-refractivity contribution in [3.05, 3.63) is 35.5 Å². The molecule has 0 unspecified atom stereocenters. The molecule has 0 fully saturated rings. The third-order valence-electron chi connectivity index (χ3n) is 2.78. The second-order valence-electron chi connectivity index (χ2n) is 3.84. The predicted octanol–water partition coefficient (Wildman–Crippen LogP) is 2.28. The van der Waals surface area contributed by atoms with Crippen LogP contribution in [0.3, 0.4) is 0 Å². The predicted molar refractivity (Wildman–Crippen MR) is 65.2 cm³/mol. The second-order valence-corrected chi connectivity index (χ2v) is 3.84. The minimum absolute atomic E-state index is 0.162. The van der Waals surface area contributed by atoms with Gasteiger partial charge in [-0.25, -0.2) is 0 Å². The Morgan fingerprint density at radius 3 is 2.53 bits per heavy atom. The van der Waals surface area contributed by atoms with E-state index in [0.717, 1.165) is 16.6 Å². The molecule has 0 spiro atoms. The van der Waals surface area contributed by atoms with Crippen LogP contribution >= 0.6 is 0 Å². The first-order chi connectivity index (χ1) is 8.19. The number of Topliss-reactive ketones (excluding diaryl/α,β-unsaturated/α-hetero) is 1. The van der Waals surface area contributed by atoms with Crippen molar-refractivity contribution in [3.8, 4) is 0 Å². The zero-order valence-electron chi connectivity index (χ0n) is 10.1. The van der Waals surface area contributed by atoms with Gasteiger partial charge in [-0.1, -0.05) is 18.2 Å². The summed E-state index contributed by atoms with van der Waals surface area (Å²) in [5.41, 5.74) is 2.41. The summed E-state index contributed by atoms with van der Waals surface area (Å²) in [6, 6.07) is 7.68. The van der Waals surface area contributed by atoms with E-state index < -0.39 is 6.29 Å². The lowest BCUT2D eigenvalue weighted by molar-refractivity contribution is -0.0741. The van der Waals surface area contributed by atoms with Crippen LogP contribution in [0.15, 0.2) is 24.3 Å². The average molecular weight is 233 g/mol. The standard InChI is InChI=1S/C13H15NO3/c1-8-11(12(15)13(16-2)17-3)9-6-4-5-7-10(9)14-8/h4-7,13-14H,1-3H3. The highest BCUT2D eigenvalue weighted by molar-refractivity contribution is 6.10. The van der Waals surface area contributed by atoms with Gasteiger partial charge in [0, 0.05) is 30.8 Å². The van der Waals surface area contributed by atoms with Crippen LogP contribution in [-0.2, 0) is 9.47 Å². The van der Waals surface area contributed by atoms with Crippen LogP contribution in [0.1, 0.15) is 16.1 Å². The molecule has 0 aliphatic carbocycles. The number of aromatic nitrogens is 1. The van der Waals surface area contributed by atoms with Crippen LogP contribution in [0.5, 0.6) is 0 Å². The largest absolute Gasteiger partial charge is 0.358 e. The van der Waals surface area contributed by atoms with Crippen molar-refractivity contribution in [2.75, 3.05) is 14.2 Å². The molecule has 0 amide bonds. The zero-order chi connectivity index (χ0) is 12.4. The quantitative estimate of drug-likeness (QED) is 0.651. The van der Waals surface area contributed by atoms with Crippen molar-refractivity contribution in [1.82, 2.24) is 4.98 Å². The van der Waals surface area contributed by atoms with Crippen LogP contribution < -0.4 is 0 Å². The molecular weight excluding hydrogens is 218 g/mol. The van der Waals surface area contributed by atoms with Gasteiger partial charge in [0.2, 0.25) is 12.1 Å². The zero-order valence-corrected chi connectivity index (χ0v) is 10.1. The number of carbonyl (C=O) groups is 1. The van der Waals surface area contributed by atoms with Crippen molar-refractivity contribution >= 4 is 16.7 Å². The normalized spacial score (nSPS) is 11.3. The minimum atomic E-state index is -0.854. The molecule has 0 atom stereocenters. The molecule has 1 heterocycles. The number of ketones is 1. The van der Waals surface area contributed by atoms with Crippen LogP contribution in [-0.4, -0.2) is 31.3 Å². The van der Waals surface area contributed by atoms with E-state index in [4.69, 9.17) is 9.47 Å². The first-order valence-electron chi connectivity index (χ1n) is 5.36. The topological polar surface area (TPSA) is 51.3 Å². The summed E-state index contributed by atoms with van der Waals surface area (Å²) in [4.78, 5) is 15.4. The van der Waals surface area contributed by atoms with Gasteiger partial charge in [0.05, 0.1) is 5.56 Å². The summed E-state index contributed by atoms with van der Waals surface area (Å²) in [6.07, 6.45) is -0.854. The number of nitrogens with one attached hydrogen (secondary N) is 1. The van der Waals surface area contributed by atoms with Crippen molar-refractivity contribution in [3.63, 3.8) is 0 Å². The molecule has 17 heavy (non-hydrogen) atoms. The lowest BCUT2D eigenvalue weighted by atomic mass is 10.1. The van der Waals surface area contributed by atoms with E-state index in [2.05, 4.69) is 4.98 Å². The van der Waals surface area contributed by atoms with Gasteiger partial charge >= 0.3 is 0 Å². The van der Waals surface area contributed by atoms with Crippen LogP contribution in [0.25, 0.3) is 10.9 Å². The van der Waals surface area contributed by atoms with Gasteiger partial charge in [0.25, 0.3) is 0 Å². The smallest absolute Gasteiger partial charge is 0.222 e. The minimum Gasteiger partial charge on any atom is -0.358 e. The summed E-state index contributed by atoms with van der Waals surface area (Å²) < 4.78 is 10.0. The molecule has 90 valence electrons. The number of hydrogen-bond acceptors (Lipinski definition) is 3. The van der Waals surface area contributed by atoms with Gasteiger partial charge in [-0.2, -0.15) is 0 Å². The number of carbonyl (C=O) groups excluding carboxylic acids is 1. The Bertz CT molecular complexity index is 541. The number of ether oxygens (including phenoxy) is 2. The molecule has 0 bridgehead atoms. The van der Waals surface area contributed by atoms with Gasteiger partial charge in [-0.05, 0) is 13.0 Å². The SMILES string of the molecule is COC(OC)C(=O)c1c(C)[nH]c2ccccc12. The third kappa shape index (κ3) is 1.97. The fraction of sp³-hybridized carbons (Fsp3) is 0.308. The van der Waals surface area contributed by atoms with E-state index in [1.165, 1.54) is 14.2 Å². The van der Waals surface area contributed by atoms with Crippen molar-refractivity contribution < 1.29 is 14.3 Å². The number of H-pyrrole nitrogens is 1. The molecule has 1 aromatic carbocycles. The molecule has 1 aromatic heterocycles. The van der Waals surface area contributed by atoms with Gasteiger partial charge in [0.15, 0.2) is 0 Å². The molecule has 2 aromatic rings. The summed E-state index contributed by atoms with van der Waals surface area (Å²) in [5, 5.41) is 0.897. The van der Waals surface area contributed by atoms with E-state index in [1.807, 2.05) is 31.2 Å². The van der Waals surface area contributed by atoms with E-state index >= 15 is 0 Å². The molecule has 4 heteroatoms. The molecule has 0 saturated heterocycles. The maximum Gasteiger partial charge on any atom is 0.222 e. The molecule has 4 nitrogen and oxygen atoms in total. The molecule has 0 aliphatic heterocycles. The number of aryl methyl sites for hydroxylation is 1. The Hall–Kier alpha value is -1.65. The van der Waals surface area contributed by atoms with Gasteiger partial charge < -0.3 is 14.5 Å². The molecule has 1 N–H and O–H groups in total. The average Bonchev–Trinajstić information content (AvgIpc) is 2.66. The van der Waals surface area contributed by atoms with Crippen LogP contribution in [0.4, 0.5) is 0 Å². The van der Waals surface area contributed by atoms with Crippen LogP contribution in [0.2, 0.25) is 0 Å². The summed E-state index contributed by atoms with van der Waals surface area (Å²) in [5.74, 6) is -0.162. The first kappa shape index (κ1) is 11.8. The van der Waals surface area contributed by atoms with Gasteiger partial charge in [-0.15, -0.1) is 0 Å². The maximum absolute atomic E-state index is 12.2. The van der Waals surface area contributed by atoms with E-state index in [9.17, 15) is 4.79 Å². The van der Waals surface area contributed by atoms with Gasteiger partial charge in [0.1, 0.15) is 0 Å². The number of para-hydroxylation sites is 1. The summed E-state index contributed by atoms with van der Waals surface area (Å²) >= 11 is 0. The van der Waals surface area contributed by atoms with Crippen LogP contribution in [0, 0.1) is 6.92 Å². The summed E-state index contributed by atoms with van der Waals surface area (Å²) in [6.45, 7) is 1.87. The lowest BCUT2D eigenvalue weighted by Gasteiger charge is -2.11. The number of fused-ring (bicyclic) bond motifs is 1. The lowest BCUT2D eigenvalue weighted by Crippen LogP contribution is -2.25. The Morgan fingerprint density at radius 1 is 1.24 bits per heavy atom. The molecule has 0 saturated carbocycles. The number of rotatable bonds is 4. The Kier molecular flexibility index (Phi) is 3.26. The summed E-state index contributed by atoms with van der Waals surface area (Å²) in [7, 11) is 2.91. The molecule has 0 radical (unpaired) electrons. The number of hydrogen-bond donors (Lipinski definition) is 1. The molecule has 0 aliphatic rings. The van der Waals surface area contributed by atoms with E-state index in [1.54, 1.807) is 0 Å². The van der Waals surface area contributed by atoms with Crippen molar-refractivity contribution in [2.45, 2.75) is 13.2 Å². The van der Waals surface area contributed by atoms with Gasteiger partial charge in [-0.3, -0.25) is 4.79 Å². The fourth-order valence-electron chi connectivity index (χ4n) is 2.02. The molecule has 2 rings (SSSR count). The second kappa shape index (κ2) is 4.69. The Labute approximate surface area is 99.5 Å². The van der Waals surface area contributed by atoms with Crippen molar-refractivity contribution in [2.24, 2.45) is 0 Å². The van der Waals surface area contributed by atoms with E-state index in [0.29, 0.717) is 5.56 Å². The number of methoxy groups -OCH3 is 2. The third-order valence-corrected chi connectivity index (χ3v) is 2.78. The Morgan fingerprint density at radius 2 is 1.88 bits per heavy atom. The first-order valence-corrected chi connectivity index (χ1v) is 5.36.